The van der Waals surface area contributed by atoms with Crippen LogP contribution in [0.15, 0.2) is 24.5 Å². The van der Waals surface area contributed by atoms with Crippen LogP contribution in [0, 0.1) is 0 Å². The molecule has 0 unspecified atom stereocenters. The Morgan fingerprint density at radius 2 is 2.11 bits per heavy atom. The molecule has 8 heteroatoms. The van der Waals surface area contributed by atoms with Crippen LogP contribution in [-0.4, -0.2) is 26.0 Å². The van der Waals surface area contributed by atoms with Crippen LogP contribution in [0.4, 0.5) is 5.82 Å². The summed E-state index contributed by atoms with van der Waals surface area (Å²) in [5, 5.41) is 11.9. The van der Waals surface area contributed by atoms with Gasteiger partial charge < -0.3 is 10.4 Å². The van der Waals surface area contributed by atoms with E-state index in [9.17, 15) is 9.90 Å². The fraction of sp³-hybridized carbons (Fsp3) is 0. The number of nitrogens with one attached hydrogen (secondary N) is 1. The predicted octanol–water partition coefficient (Wildman–Crippen LogP) is 2.14. The van der Waals surface area contributed by atoms with Gasteiger partial charge in [-0.3, -0.25) is 9.78 Å². The molecule has 0 radical (unpaired) electrons. The Morgan fingerprint density at radius 3 is 2.78 bits per heavy atom. The Labute approximate surface area is 112 Å². The molecular formula is C10H6Cl2N4O2. The van der Waals surface area contributed by atoms with Crippen molar-refractivity contribution in [3.05, 3.63) is 40.5 Å². The van der Waals surface area contributed by atoms with Crippen molar-refractivity contribution >= 4 is 34.9 Å². The first kappa shape index (κ1) is 12.5. The van der Waals surface area contributed by atoms with Crippen molar-refractivity contribution in [3.63, 3.8) is 0 Å². The molecule has 0 aromatic carbocycles. The fourth-order valence-corrected chi connectivity index (χ4v) is 1.62. The number of carbonyl (C=O) groups excluding carboxylic acids is 1. The lowest BCUT2D eigenvalue weighted by Crippen LogP contribution is -2.13. The molecule has 0 aliphatic rings. The number of pyridine rings is 1. The SMILES string of the molecule is O=C(Nc1cc(Cl)nc(Cl)n1)c1ccncc1O. The summed E-state index contributed by atoms with van der Waals surface area (Å²) in [7, 11) is 0. The van der Waals surface area contributed by atoms with Gasteiger partial charge in [-0.1, -0.05) is 11.6 Å². The molecule has 0 fully saturated rings. The second-order valence-corrected chi connectivity index (χ2v) is 3.92. The third-order valence-corrected chi connectivity index (χ3v) is 2.32. The Balaban J connectivity index is 2.24. The standard InChI is InChI=1S/C10H6Cl2N4O2/c11-7-3-8(16-10(12)14-7)15-9(18)5-1-2-13-4-6(5)17/h1-4,17H,(H,14,15,16,18). The summed E-state index contributed by atoms with van der Waals surface area (Å²) in [4.78, 5) is 22.9. The second-order valence-electron chi connectivity index (χ2n) is 3.19. The maximum atomic E-state index is 11.8. The first-order chi connectivity index (χ1) is 8.56. The molecule has 18 heavy (non-hydrogen) atoms. The minimum Gasteiger partial charge on any atom is -0.505 e. The van der Waals surface area contributed by atoms with Gasteiger partial charge in [0.1, 0.15) is 16.7 Å². The number of aromatic nitrogens is 3. The molecule has 0 spiro atoms. The van der Waals surface area contributed by atoms with E-state index in [2.05, 4.69) is 20.3 Å². The zero-order chi connectivity index (χ0) is 13.1. The minimum atomic E-state index is -0.555. The largest absolute Gasteiger partial charge is 0.505 e. The first-order valence-corrected chi connectivity index (χ1v) is 5.46. The van der Waals surface area contributed by atoms with Gasteiger partial charge in [0, 0.05) is 12.3 Å². The number of hydrogen-bond acceptors (Lipinski definition) is 5. The third-order valence-electron chi connectivity index (χ3n) is 1.95. The van der Waals surface area contributed by atoms with E-state index in [0.29, 0.717) is 0 Å². The van der Waals surface area contributed by atoms with E-state index < -0.39 is 5.91 Å². The molecule has 2 heterocycles. The second kappa shape index (κ2) is 5.16. The van der Waals surface area contributed by atoms with Gasteiger partial charge in [-0.25, -0.2) is 9.97 Å². The molecule has 92 valence electrons. The van der Waals surface area contributed by atoms with Gasteiger partial charge in [-0.15, -0.1) is 0 Å². The summed E-state index contributed by atoms with van der Waals surface area (Å²) in [6.07, 6.45) is 2.55. The smallest absolute Gasteiger partial charge is 0.260 e. The number of halogens is 2. The lowest BCUT2D eigenvalue weighted by molar-refractivity contribution is 0.102. The number of hydrogen-bond donors (Lipinski definition) is 2. The molecule has 1 amide bonds. The summed E-state index contributed by atoms with van der Waals surface area (Å²) in [6, 6.07) is 2.71. The molecule has 6 nitrogen and oxygen atoms in total. The van der Waals surface area contributed by atoms with Gasteiger partial charge in [0.25, 0.3) is 5.91 Å². The highest BCUT2D eigenvalue weighted by molar-refractivity contribution is 6.32. The van der Waals surface area contributed by atoms with E-state index in [1.165, 1.54) is 18.3 Å². The van der Waals surface area contributed by atoms with Crippen molar-refractivity contribution in [2.24, 2.45) is 0 Å². The number of nitrogens with zero attached hydrogens (tertiary/aromatic N) is 3. The topological polar surface area (TPSA) is 88.0 Å². The van der Waals surface area contributed by atoms with E-state index in [1.807, 2.05) is 0 Å². The van der Waals surface area contributed by atoms with Crippen molar-refractivity contribution in [1.82, 2.24) is 15.0 Å². The van der Waals surface area contributed by atoms with E-state index >= 15 is 0 Å². The molecule has 0 atom stereocenters. The molecule has 0 aliphatic heterocycles. The van der Waals surface area contributed by atoms with E-state index in [-0.39, 0.29) is 27.6 Å². The number of rotatable bonds is 2. The van der Waals surface area contributed by atoms with Crippen molar-refractivity contribution in [2.45, 2.75) is 0 Å². The van der Waals surface area contributed by atoms with Gasteiger partial charge in [-0.2, -0.15) is 0 Å². The Kier molecular flexibility index (Phi) is 3.59. The van der Waals surface area contributed by atoms with Crippen molar-refractivity contribution in [2.75, 3.05) is 5.32 Å². The van der Waals surface area contributed by atoms with Crippen LogP contribution in [0.5, 0.6) is 5.75 Å². The zero-order valence-corrected chi connectivity index (χ0v) is 10.3. The summed E-state index contributed by atoms with van der Waals surface area (Å²) < 4.78 is 0. The number of aromatic hydroxyl groups is 1. The number of carbonyl (C=O) groups is 1. The lowest BCUT2D eigenvalue weighted by atomic mass is 10.2. The quantitative estimate of drug-likeness (QED) is 0.652. The number of amides is 1. The minimum absolute atomic E-state index is 0.0656. The molecule has 0 aliphatic carbocycles. The molecule has 0 saturated heterocycles. The highest BCUT2D eigenvalue weighted by Crippen LogP contribution is 2.18. The van der Waals surface area contributed by atoms with Crippen LogP contribution in [0.2, 0.25) is 10.4 Å². The highest BCUT2D eigenvalue weighted by Gasteiger charge is 2.12. The van der Waals surface area contributed by atoms with E-state index in [0.717, 1.165) is 6.20 Å². The average molecular weight is 285 g/mol. The third kappa shape index (κ3) is 2.85. The van der Waals surface area contributed by atoms with Gasteiger partial charge in [0.2, 0.25) is 5.28 Å². The van der Waals surface area contributed by atoms with Crippen LogP contribution in [0.3, 0.4) is 0 Å². The monoisotopic (exact) mass is 284 g/mol. The van der Waals surface area contributed by atoms with Gasteiger partial charge in [0.05, 0.1) is 11.8 Å². The van der Waals surface area contributed by atoms with Crippen LogP contribution in [-0.2, 0) is 0 Å². The van der Waals surface area contributed by atoms with E-state index in [4.69, 9.17) is 23.2 Å². The summed E-state index contributed by atoms with van der Waals surface area (Å²) in [5.41, 5.74) is 0.0656. The average Bonchev–Trinajstić information content (AvgIpc) is 2.27. The zero-order valence-electron chi connectivity index (χ0n) is 8.76. The Morgan fingerprint density at radius 1 is 1.33 bits per heavy atom. The van der Waals surface area contributed by atoms with Crippen LogP contribution in [0.1, 0.15) is 10.4 Å². The van der Waals surface area contributed by atoms with Gasteiger partial charge in [0.15, 0.2) is 0 Å². The molecule has 2 aromatic rings. The normalized spacial score (nSPS) is 10.1. The molecule has 2 aromatic heterocycles. The van der Waals surface area contributed by atoms with Gasteiger partial charge in [-0.05, 0) is 17.7 Å². The summed E-state index contributed by atoms with van der Waals surface area (Å²) in [6.45, 7) is 0. The number of anilines is 1. The maximum Gasteiger partial charge on any atom is 0.260 e. The lowest BCUT2D eigenvalue weighted by Gasteiger charge is -2.05. The van der Waals surface area contributed by atoms with Crippen molar-refractivity contribution in [1.29, 1.82) is 0 Å². The molecular weight excluding hydrogens is 279 g/mol. The summed E-state index contributed by atoms with van der Waals surface area (Å²) >= 11 is 11.3. The Hall–Kier alpha value is -1.92. The van der Waals surface area contributed by atoms with Crippen molar-refractivity contribution in [3.8, 4) is 5.75 Å². The molecule has 2 N–H and O–H groups in total. The van der Waals surface area contributed by atoms with Crippen LogP contribution in [0.25, 0.3) is 0 Å². The van der Waals surface area contributed by atoms with Gasteiger partial charge >= 0.3 is 0 Å². The molecule has 2 rings (SSSR count). The van der Waals surface area contributed by atoms with Crippen LogP contribution >= 0.6 is 23.2 Å². The maximum absolute atomic E-state index is 11.8. The van der Waals surface area contributed by atoms with Crippen molar-refractivity contribution < 1.29 is 9.90 Å². The Bertz CT molecular complexity index is 586. The predicted molar refractivity (Wildman–Crippen MR) is 65.9 cm³/mol. The fourth-order valence-electron chi connectivity index (χ4n) is 1.22. The molecule has 0 saturated carbocycles. The first-order valence-electron chi connectivity index (χ1n) is 4.70. The highest BCUT2D eigenvalue weighted by atomic mass is 35.5. The van der Waals surface area contributed by atoms with Crippen LogP contribution < -0.4 is 5.32 Å². The summed E-state index contributed by atoms with van der Waals surface area (Å²) in [5.74, 6) is -0.650. The van der Waals surface area contributed by atoms with E-state index in [1.54, 1.807) is 0 Å². The molecule has 0 bridgehead atoms.